The number of hydrogen-bond donors (Lipinski definition) is 1. The fourth-order valence-corrected chi connectivity index (χ4v) is 2.91. The molecule has 1 aliphatic rings. The zero-order valence-corrected chi connectivity index (χ0v) is 15.2. The van der Waals surface area contributed by atoms with Crippen molar-refractivity contribution in [3.8, 4) is 11.5 Å². The third-order valence-corrected chi connectivity index (χ3v) is 4.22. The van der Waals surface area contributed by atoms with Crippen LogP contribution in [-0.2, 0) is 9.59 Å². The van der Waals surface area contributed by atoms with E-state index in [0.717, 1.165) is 4.90 Å². The van der Waals surface area contributed by atoms with E-state index in [1.807, 2.05) is 6.07 Å². The van der Waals surface area contributed by atoms with Crippen molar-refractivity contribution in [1.82, 2.24) is 4.90 Å². The zero-order valence-electron chi connectivity index (χ0n) is 15.2. The van der Waals surface area contributed by atoms with Crippen molar-refractivity contribution in [2.75, 3.05) is 26.1 Å². The van der Waals surface area contributed by atoms with Gasteiger partial charge in [0.15, 0.2) is 0 Å². The zero-order chi connectivity index (χ0) is 19.4. The molecule has 2 aromatic rings. The first-order chi connectivity index (χ1) is 13.1. The summed E-state index contributed by atoms with van der Waals surface area (Å²) in [6.45, 7) is 3.76. The predicted molar refractivity (Wildman–Crippen MR) is 103 cm³/mol. The number of nitrogens with one attached hydrogen (secondary N) is 1. The van der Waals surface area contributed by atoms with Crippen LogP contribution in [0.4, 0.5) is 5.69 Å². The molecule has 1 aliphatic heterocycles. The van der Waals surface area contributed by atoms with E-state index in [0.29, 0.717) is 22.7 Å². The highest BCUT2D eigenvalue weighted by atomic mass is 16.5. The fourth-order valence-electron chi connectivity index (χ4n) is 2.91. The number of nitrogens with zero attached hydrogens (tertiary/aromatic N) is 1. The molecule has 0 unspecified atom stereocenters. The first kappa shape index (κ1) is 18.3. The summed E-state index contributed by atoms with van der Waals surface area (Å²) in [7, 11) is 3.11. The molecule has 3 rings (SSSR count). The lowest BCUT2D eigenvalue weighted by molar-refractivity contribution is -0.136. The minimum Gasteiger partial charge on any atom is -0.497 e. The maximum Gasteiger partial charge on any atom is 0.278 e. The molecule has 0 atom stereocenters. The molecule has 6 nitrogen and oxygen atoms in total. The minimum atomic E-state index is -0.406. The van der Waals surface area contributed by atoms with E-state index in [4.69, 9.17) is 9.47 Å². The molecule has 2 amide bonds. The van der Waals surface area contributed by atoms with Crippen molar-refractivity contribution in [2.24, 2.45) is 0 Å². The fraction of sp³-hybridized carbons (Fsp3) is 0.143. The van der Waals surface area contributed by atoms with Gasteiger partial charge in [-0.3, -0.25) is 14.5 Å². The van der Waals surface area contributed by atoms with Crippen LogP contribution in [0.1, 0.15) is 5.56 Å². The summed E-state index contributed by atoms with van der Waals surface area (Å²) >= 11 is 0. The number of para-hydroxylation sites is 1. The third-order valence-electron chi connectivity index (χ3n) is 4.22. The van der Waals surface area contributed by atoms with E-state index in [9.17, 15) is 9.59 Å². The lowest BCUT2D eigenvalue weighted by atomic mass is 10.0. The number of ether oxygens (including phenoxy) is 2. The van der Waals surface area contributed by atoms with Gasteiger partial charge in [0.05, 0.1) is 19.8 Å². The second-order valence-corrected chi connectivity index (χ2v) is 5.81. The van der Waals surface area contributed by atoms with Crippen molar-refractivity contribution in [3.05, 3.63) is 72.4 Å². The molecule has 1 N–H and O–H groups in total. The molecular formula is C21H20N2O4. The number of carbonyl (C=O) groups excluding carboxylic acids is 2. The van der Waals surface area contributed by atoms with E-state index in [1.165, 1.54) is 13.2 Å². The Bertz CT molecular complexity index is 916. The monoisotopic (exact) mass is 364 g/mol. The van der Waals surface area contributed by atoms with Crippen molar-refractivity contribution in [3.63, 3.8) is 0 Å². The molecule has 0 spiro atoms. The number of benzene rings is 2. The highest BCUT2D eigenvalue weighted by Crippen LogP contribution is 2.35. The highest BCUT2D eigenvalue weighted by Gasteiger charge is 2.39. The SMILES string of the molecule is C=CCN1C(=O)C(Nc2ccc(OC)cc2)=C(c2ccccc2OC)C1=O. The number of carbonyl (C=O) groups is 2. The van der Waals surface area contributed by atoms with Crippen LogP contribution in [0.2, 0.25) is 0 Å². The smallest absolute Gasteiger partial charge is 0.278 e. The number of hydrogen-bond acceptors (Lipinski definition) is 5. The second kappa shape index (κ2) is 7.78. The molecule has 138 valence electrons. The average Bonchev–Trinajstić information content (AvgIpc) is 2.93. The molecule has 6 heteroatoms. The number of imide groups is 1. The molecule has 0 saturated carbocycles. The van der Waals surface area contributed by atoms with Crippen LogP contribution in [0.15, 0.2) is 66.9 Å². The highest BCUT2D eigenvalue weighted by molar-refractivity contribution is 6.37. The summed E-state index contributed by atoms with van der Waals surface area (Å²) in [6, 6.07) is 14.2. The van der Waals surface area contributed by atoms with Gasteiger partial charge in [-0.15, -0.1) is 6.58 Å². The Morgan fingerprint density at radius 2 is 1.70 bits per heavy atom. The van der Waals surface area contributed by atoms with E-state index in [1.54, 1.807) is 49.6 Å². The van der Waals surface area contributed by atoms with Gasteiger partial charge in [-0.2, -0.15) is 0 Å². The Hall–Kier alpha value is -3.54. The molecule has 0 aromatic heterocycles. The van der Waals surface area contributed by atoms with Gasteiger partial charge in [0.2, 0.25) is 0 Å². The Labute approximate surface area is 157 Å². The topological polar surface area (TPSA) is 67.9 Å². The molecule has 2 aromatic carbocycles. The van der Waals surface area contributed by atoms with E-state index in [2.05, 4.69) is 11.9 Å². The maximum atomic E-state index is 13.0. The number of methoxy groups -OCH3 is 2. The van der Waals surface area contributed by atoms with Gasteiger partial charge >= 0.3 is 0 Å². The molecule has 27 heavy (non-hydrogen) atoms. The largest absolute Gasteiger partial charge is 0.497 e. The van der Waals surface area contributed by atoms with Crippen LogP contribution in [0, 0.1) is 0 Å². The molecule has 0 saturated heterocycles. The Morgan fingerprint density at radius 3 is 2.33 bits per heavy atom. The lowest BCUT2D eigenvalue weighted by Crippen LogP contribution is -2.32. The summed E-state index contributed by atoms with van der Waals surface area (Å²) < 4.78 is 10.5. The summed E-state index contributed by atoms with van der Waals surface area (Å²) in [6.07, 6.45) is 1.52. The van der Waals surface area contributed by atoms with Crippen LogP contribution in [-0.4, -0.2) is 37.5 Å². The first-order valence-corrected chi connectivity index (χ1v) is 8.36. The van der Waals surface area contributed by atoms with Crippen LogP contribution in [0.5, 0.6) is 11.5 Å². The van der Waals surface area contributed by atoms with Crippen LogP contribution < -0.4 is 14.8 Å². The number of rotatable bonds is 7. The van der Waals surface area contributed by atoms with Gasteiger partial charge in [0.1, 0.15) is 17.2 Å². The van der Waals surface area contributed by atoms with Gasteiger partial charge in [-0.1, -0.05) is 24.3 Å². The van der Waals surface area contributed by atoms with Crippen molar-refractivity contribution < 1.29 is 19.1 Å². The van der Waals surface area contributed by atoms with Gasteiger partial charge in [-0.25, -0.2) is 0 Å². The number of anilines is 1. The van der Waals surface area contributed by atoms with Crippen molar-refractivity contribution >= 4 is 23.1 Å². The molecule has 0 aliphatic carbocycles. The molecule has 0 radical (unpaired) electrons. The first-order valence-electron chi connectivity index (χ1n) is 8.36. The van der Waals surface area contributed by atoms with E-state index in [-0.39, 0.29) is 23.7 Å². The minimum absolute atomic E-state index is 0.129. The van der Waals surface area contributed by atoms with Crippen LogP contribution >= 0.6 is 0 Å². The molecule has 0 bridgehead atoms. The third kappa shape index (κ3) is 3.42. The average molecular weight is 364 g/mol. The Kier molecular flexibility index (Phi) is 5.26. The van der Waals surface area contributed by atoms with E-state index >= 15 is 0 Å². The van der Waals surface area contributed by atoms with Gasteiger partial charge < -0.3 is 14.8 Å². The van der Waals surface area contributed by atoms with Crippen molar-refractivity contribution in [1.29, 1.82) is 0 Å². The summed E-state index contributed by atoms with van der Waals surface area (Å²) in [5.41, 5.74) is 1.70. The Morgan fingerprint density at radius 1 is 1.00 bits per heavy atom. The summed E-state index contributed by atoms with van der Waals surface area (Å²) in [5.74, 6) is 0.418. The number of amides is 2. The standard InChI is InChI=1S/C21H20N2O4/c1-4-13-23-20(24)18(16-7-5-6-8-17(16)27-3)19(21(23)25)22-14-9-11-15(26-2)12-10-14/h4-12,22H,1,13H2,2-3H3. The Balaban J connectivity index is 2.09. The van der Waals surface area contributed by atoms with E-state index < -0.39 is 5.91 Å². The molecule has 0 fully saturated rings. The predicted octanol–water partition coefficient (Wildman–Crippen LogP) is 3.08. The quantitative estimate of drug-likeness (QED) is 0.604. The lowest BCUT2D eigenvalue weighted by Gasteiger charge is -2.12. The van der Waals surface area contributed by atoms with Gasteiger partial charge in [-0.05, 0) is 30.3 Å². The maximum absolute atomic E-state index is 13.0. The second-order valence-electron chi connectivity index (χ2n) is 5.81. The normalized spacial score (nSPS) is 13.8. The van der Waals surface area contributed by atoms with Gasteiger partial charge in [0.25, 0.3) is 11.8 Å². The molecular weight excluding hydrogens is 344 g/mol. The van der Waals surface area contributed by atoms with Gasteiger partial charge in [0, 0.05) is 17.8 Å². The summed E-state index contributed by atoms with van der Waals surface area (Å²) in [4.78, 5) is 27.0. The molecule has 1 heterocycles. The van der Waals surface area contributed by atoms with Crippen LogP contribution in [0.25, 0.3) is 5.57 Å². The van der Waals surface area contributed by atoms with Crippen LogP contribution in [0.3, 0.4) is 0 Å². The van der Waals surface area contributed by atoms with Crippen molar-refractivity contribution in [2.45, 2.75) is 0 Å². The summed E-state index contributed by atoms with van der Waals surface area (Å²) in [5, 5.41) is 3.08.